The summed E-state index contributed by atoms with van der Waals surface area (Å²) in [5.74, 6) is -0.950. The van der Waals surface area contributed by atoms with Gasteiger partial charge in [-0.3, -0.25) is 4.79 Å². The normalized spacial score (nSPS) is 18.9. The molecule has 1 aromatic carbocycles. The van der Waals surface area contributed by atoms with Crippen molar-refractivity contribution in [1.82, 2.24) is 10.6 Å². The summed E-state index contributed by atoms with van der Waals surface area (Å²) >= 11 is 5.74. The molecular formula is C12H15Cl2FN2O. The van der Waals surface area contributed by atoms with Gasteiger partial charge in [-0.25, -0.2) is 4.39 Å². The minimum atomic E-state index is -0.546. The van der Waals surface area contributed by atoms with E-state index in [2.05, 4.69) is 10.6 Å². The summed E-state index contributed by atoms with van der Waals surface area (Å²) in [6.07, 6.45) is 1.93. The van der Waals surface area contributed by atoms with Gasteiger partial charge in [0.2, 0.25) is 0 Å². The number of hydrogen-bond acceptors (Lipinski definition) is 2. The number of amides is 1. The molecule has 1 heterocycles. The zero-order valence-electron chi connectivity index (χ0n) is 9.71. The third kappa shape index (κ3) is 3.83. The Morgan fingerprint density at radius 3 is 2.94 bits per heavy atom. The van der Waals surface area contributed by atoms with Crippen LogP contribution in [0.1, 0.15) is 23.2 Å². The quantitative estimate of drug-likeness (QED) is 0.879. The van der Waals surface area contributed by atoms with Crippen LogP contribution in [0.5, 0.6) is 0 Å². The molecule has 2 N–H and O–H groups in total. The second-order valence-electron chi connectivity index (χ2n) is 4.14. The molecule has 100 valence electrons. The molecule has 1 amide bonds. The van der Waals surface area contributed by atoms with Gasteiger partial charge in [-0.05, 0) is 37.6 Å². The van der Waals surface area contributed by atoms with Gasteiger partial charge in [0.25, 0.3) is 5.91 Å². The first kappa shape index (κ1) is 15.2. The summed E-state index contributed by atoms with van der Waals surface area (Å²) in [5, 5.41) is 6.35. The van der Waals surface area contributed by atoms with E-state index in [0.717, 1.165) is 25.9 Å². The van der Waals surface area contributed by atoms with Gasteiger partial charge in [0.15, 0.2) is 0 Å². The Bertz CT molecular complexity index is 423. The molecule has 1 aromatic rings. The van der Waals surface area contributed by atoms with E-state index in [1.807, 2.05) is 0 Å². The molecule has 0 aliphatic carbocycles. The third-order valence-electron chi connectivity index (χ3n) is 2.81. The maximum absolute atomic E-state index is 13.4. The topological polar surface area (TPSA) is 41.1 Å². The average molecular weight is 293 g/mol. The summed E-state index contributed by atoms with van der Waals surface area (Å²) in [6, 6.07) is 4.05. The summed E-state index contributed by atoms with van der Waals surface area (Å²) in [6.45, 7) is 1.70. The van der Waals surface area contributed by atoms with E-state index in [1.165, 1.54) is 18.2 Å². The van der Waals surface area contributed by atoms with Crippen molar-refractivity contribution in [2.45, 2.75) is 18.9 Å². The van der Waals surface area contributed by atoms with Crippen molar-refractivity contribution in [3.63, 3.8) is 0 Å². The first-order chi connectivity index (χ1) is 8.16. The minimum absolute atomic E-state index is 0. The standard InChI is InChI=1S/C12H14ClFN2O.ClH/c13-8-3-4-11(14)10(6-8)12(17)16-9-2-1-5-15-7-9;/h3-4,6,9,15H,1-2,5,7H2,(H,16,17);1H. The lowest BCUT2D eigenvalue weighted by Gasteiger charge is -2.23. The number of carbonyl (C=O) groups is 1. The Morgan fingerprint density at radius 1 is 1.50 bits per heavy atom. The van der Waals surface area contributed by atoms with Crippen molar-refractivity contribution in [1.29, 1.82) is 0 Å². The molecule has 1 fully saturated rings. The molecule has 0 spiro atoms. The lowest BCUT2D eigenvalue weighted by Crippen LogP contribution is -2.45. The molecule has 2 rings (SSSR count). The van der Waals surface area contributed by atoms with E-state index in [1.54, 1.807) is 0 Å². The van der Waals surface area contributed by atoms with Crippen LogP contribution in [0, 0.1) is 5.82 Å². The Hall–Kier alpha value is -0.840. The molecule has 1 aliphatic heterocycles. The van der Waals surface area contributed by atoms with E-state index in [-0.39, 0.29) is 24.0 Å². The predicted octanol–water partition coefficient (Wildman–Crippen LogP) is 2.38. The van der Waals surface area contributed by atoms with Crippen molar-refractivity contribution < 1.29 is 9.18 Å². The van der Waals surface area contributed by atoms with Crippen molar-refractivity contribution in [3.05, 3.63) is 34.6 Å². The van der Waals surface area contributed by atoms with E-state index < -0.39 is 11.7 Å². The van der Waals surface area contributed by atoms with Crippen LogP contribution in [0.25, 0.3) is 0 Å². The monoisotopic (exact) mass is 292 g/mol. The first-order valence-electron chi connectivity index (χ1n) is 5.63. The fourth-order valence-corrected chi connectivity index (χ4v) is 2.08. The molecule has 18 heavy (non-hydrogen) atoms. The number of hydrogen-bond donors (Lipinski definition) is 2. The van der Waals surface area contributed by atoms with Gasteiger partial charge in [-0.2, -0.15) is 0 Å². The largest absolute Gasteiger partial charge is 0.348 e. The smallest absolute Gasteiger partial charge is 0.254 e. The number of halogens is 3. The van der Waals surface area contributed by atoms with Crippen LogP contribution >= 0.6 is 24.0 Å². The van der Waals surface area contributed by atoms with Gasteiger partial charge in [-0.1, -0.05) is 11.6 Å². The number of nitrogens with one attached hydrogen (secondary N) is 2. The van der Waals surface area contributed by atoms with E-state index in [4.69, 9.17) is 11.6 Å². The van der Waals surface area contributed by atoms with Crippen molar-refractivity contribution in [2.24, 2.45) is 0 Å². The Kier molecular flexibility index (Phi) is 5.85. The number of rotatable bonds is 2. The maximum atomic E-state index is 13.4. The highest BCUT2D eigenvalue weighted by Gasteiger charge is 2.18. The molecule has 1 atom stereocenters. The third-order valence-corrected chi connectivity index (χ3v) is 3.04. The number of carbonyl (C=O) groups excluding carboxylic acids is 1. The molecule has 6 heteroatoms. The Morgan fingerprint density at radius 2 is 2.28 bits per heavy atom. The van der Waals surface area contributed by atoms with Gasteiger partial charge in [-0.15, -0.1) is 12.4 Å². The maximum Gasteiger partial charge on any atom is 0.254 e. The fourth-order valence-electron chi connectivity index (χ4n) is 1.91. The lowest BCUT2D eigenvalue weighted by atomic mass is 10.1. The number of piperidine rings is 1. The Labute approximate surface area is 116 Å². The van der Waals surface area contributed by atoms with Gasteiger partial charge < -0.3 is 10.6 Å². The van der Waals surface area contributed by atoms with Crippen molar-refractivity contribution >= 4 is 29.9 Å². The zero-order chi connectivity index (χ0) is 12.3. The highest BCUT2D eigenvalue weighted by molar-refractivity contribution is 6.31. The predicted molar refractivity (Wildman–Crippen MR) is 72.0 cm³/mol. The summed E-state index contributed by atoms with van der Waals surface area (Å²) in [5.41, 5.74) is 0.00285. The summed E-state index contributed by atoms with van der Waals surface area (Å²) in [4.78, 5) is 11.8. The van der Waals surface area contributed by atoms with Gasteiger partial charge in [0.1, 0.15) is 5.82 Å². The second-order valence-corrected chi connectivity index (χ2v) is 4.58. The van der Waals surface area contributed by atoms with E-state index >= 15 is 0 Å². The molecule has 0 bridgehead atoms. The van der Waals surface area contributed by atoms with Crippen LogP contribution in [-0.4, -0.2) is 25.0 Å². The summed E-state index contributed by atoms with van der Waals surface area (Å²) < 4.78 is 13.4. The lowest BCUT2D eigenvalue weighted by molar-refractivity contribution is 0.0926. The molecule has 1 saturated heterocycles. The summed E-state index contributed by atoms with van der Waals surface area (Å²) in [7, 11) is 0. The van der Waals surface area contributed by atoms with Gasteiger partial charge in [0, 0.05) is 17.6 Å². The van der Waals surface area contributed by atoms with Crippen LogP contribution < -0.4 is 10.6 Å². The average Bonchev–Trinajstić information content (AvgIpc) is 2.33. The SMILES string of the molecule is Cl.O=C(NC1CCCNC1)c1cc(Cl)ccc1F. The Balaban J connectivity index is 0.00000162. The van der Waals surface area contributed by atoms with Crippen LogP contribution in [0.3, 0.4) is 0 Å². The molecule has 1 unspecified atom stereocenters. The molecular weight excluding hydrogens is 278 g/mol. The highest BCUT2D eigenvalue weighted by Crippen LogP contribution is 2.15. The van der Waals surface area contributed by atoms with Gasteiger partial charge >= 0.3 is 0 Å². The molecule has 0 radical (unpaired) electrons. The van der Waals surface area contributed by atoms with Gasteiger partial charge in [0.05, 0.1) is 5.56 Å². The molecule has 3 nitrogen and oxygen atoms in total. The van der Waals surface area contributed by atoms with Crippen molar-refractivity contribution in [3.8, 4) is 0 Å². The number of benzene rings is 1. The van der Waals surface area contributed by atoms with Crippen LogP contribution in [0.15, 0.2) is 18.2 Å². The van der Waals surface area contributed by atoms with E-state index in [9.17, 15) is 9.18 Å². The molecule has 1 aliphatic rings. The minimum Gasteiger partial charge on any atom is -0.348 e. The second kappa shape index (κ2) is 6.92. The first-order valence-corrected chi connectivity index (χ1v) is 6.01. The van der Waals surface area contributed by atoms with Crippen LogP contribution in [0.4, 0.5) is 4.39 Å². The fraction of sp³-hybridized carbons (Fsp3) is 0.417. The highest BCUT2D eigenvalue weighted by atomic mass is 35.5. The molecule has 0 aromatic heterocycles. The zero-order valence-corrected chi connectivity index (χ0v) is 11.3. The van der Waals surface area contributed by atoms with Crippen LogP contribution in [-0.2, 0) is 0 Å². The van der Waals surface area contributed by atoms with Crippen molar-refractivity contribution in [2.75, 3.05) is 13.1 Å². The van der Waals surface area contributed by atoms with E-state index in [0.29, 0.717) is 5.02 Å². The molecule has 0 saturated carbocycles. The van der Waals surface area contributed by atoms with Crippen LogP contribution in [0.2, 0.25) is 5.02 Å².